The number of rotatable bonds is 4. The van der Waals surface area contributed by atoms with Crippen LogP contribution < -0.4 is 5.32 Å². The van der Waals surface area contributed by atoms with Crippen molar-refractivity contribution in [2.24, 2.45) is 5.92 Å². The molecule has 0 saturated carbocycles. The molecule has 1 aliphatic carbocycles. The highest BCUT2D eigenvalue weighted by molar-refractivity contribution is 6.01. The first-order chi connectivity index (χ1) is 14.8. The summed E-state index contributed by atoms with van der Waals surface area (Å²) < 4.78 is 5.48. The molecule has 7 nitrogen and oxygen atoms in total. The molecule has 1 unspecified atom stereocenters. The van der Waals surface area contributed by atoms with Crippen molar-refractivity contribution in [1.29, 1.82) is 0 Å². The maximum absolute atomic E-state index is 12.6. The van der Waals surface area contributed by atoms with Gasteiger partial charge in [-0.05, 0) is 47.7 Å². The number of carbonyl (C=O) groups excluding carboxylic acids is 1. The first-order valence-corrected chi connectivity index (χ1v) is 10.6. The summed E-state index contributed by atoms with van der Waals surface area (Å²) in [5, 5.41) is 27.8. The molecular formula is C24H29N3O4. The molecule has 0 bridgehead atoms. The van der Waals surface area contributed by atoms with Crippen molar-refractivity contribution in [2.45, 2.75) is 39.3 Å². The molecule has 31 heavy (non-hydrogen) atoms. The van der Waals surface area contributed by atoms with Gasteiger partial charge in [-0.25, -0.2) is 0 Å². The topological polar surface area (TPSA) is 98.8 Å². The maximum Gasteiger partial charge on any atom is 0.290 e. The Balaban J connectivity index is 1.88. The van der Waals surface area contributed by atoms with Crippen molar-refractivity contribution in [3.05, 3.63) is 58.2 Å². The van der Waals surface area contributed by atoms with Crippen molar-refractivity contribution < 1.29 is 19.5 Å². The van der Waals surface area contributed by atoms with Crippen molar-refractivity contribution in [3.63, 3.8) is 0 Å². The summed E-state index contributed by atoms with van der Waals surface area (Å²) in [6.45, 7) is 5.85. The third kappa shape index (κ3) is 3.91. The van der Waals surface area contributed by atoms with E-state index in [0.717, 1.165) is 30.6 Å². The van der Waals surface area contributed by atoms with Gasteiger partial charge in [0.2, 0.25) is 5.76 Å². The van der Waals surface area contributed by atoms with Crippen molar-refractivity contribution >= 4 is 11.5 Å². The van der Waals surface area contributed by atoms with Crippen LogP contribution in [0, 0.1) is 5.92 Å². The average molecular weight is 424 g/mol. The molecule has 0 spiro atoms. The van der Waals surface area contributed by atoms with Crippen LogP contribution in [0.25, 0.3) is 16.7 Å². The Morgan fingerprint density at radius 3 is 2.81 bits per heavy atom. The summed E-state index contributed by atoms with van der Waals surface area (Å²) in [6.07, 6.45) is 2.07. The van der Waals surface area contributed by atoms with Gasteiger partial charge >= 0.3 is 0 Å². The van der Waals surface area contributed by atoms with Gasteiger partial charge in [0, 0.05) is 32.1 Å². The second-order valence-electron chi connectivity index (χ2n) is 8.67. The number of likely N-dealkylation sites (N-methyl/N-ethyl adjacent to an activating group) is 1. The first-order valence-electron chi connectivity index (χ1n) is 10.6. The molecule has 2 heterocycles. The van der Waals surface area contributed by atoms with Crippen LogP contribution in [0.1, 0.15) is 47.6 Å². The standard InChI is InChI=1S/C24H29N3O4/c1-13(2)17-10-18(20(29)11-19(17)28)22-21(23(31-26-22)24(30)25-3)15-5-6-16-12-27(4)8-7-14(16)9-15/h5-6,9-10,13,19,28-29H,7-8,11-12H2,1-4H3,(H,25,30). The number of hydrogen-bond acceptors (Lipinski definition) is 6. The van der Waals surface area contributed by atoms with Gasteiger partial charge in [-0.3, -0.25) is 4.79 Å². The molecule has 0 fully saturated rings. The minimum Gasteiger partial charge on any atom is -0.511 e. The Labute approximate surface area is 182 Å². The number of amides is 1. The Morgan fingerprint density at radius 1 is 1.32 bits per heavy atom. The van der Waals surface area contributed by atoms with Crippen LogP contribution in [0.15, 0.2) is 40.1 Å². The zero-order valence-electron chi connectivity index (χ0n) is 18.4. The lowest BCUT2D eigenvalue weighted by Gasteiger charge is -2.25. The van der Waals surface area contributed by atoms with E-state index in [0.29, 0.717) is 16.8 Å². The molecule has 0 radical (unpaired) electrons. The highest BCUT2D eigenvalue weighted by Gasteiger charge is 2.31. The van der Waals surface area contributed by atoms with E-state index in [1.807, 2.05) is 19.9 Å². The van der Waals surface area contributed by atoms with Crippen LogP contribution in [-0.4, -0.2) is 52.9 Å². The van der Waals surface area contributed by atoms with Gasteiger partial charge in [0.15, 0.2) is 0 Å². The molecule has 2 aromatic rings. The molecule has 4 rings (SSSR count). The second kappa shape index (κ2) is 8.32. The summed E-state index contributed by atoms with van der Waals surface area (Å²) in [7, 11) is 3.64. The predicted molar refractivity (Wildman–Crippen MR) is 118 cm³/mol. The minimum atomic E-state index is -0.738. The van der Waals surface area contributed by atoms with Gasteiger partial charge < -0.3 is 25.0 Å². The highest BCUT2D eigenvalue weighted by Crippen LogP contribution is 2.39. The van der Waals surface area contributed by atoms with Gasteiger partial charge in [0.1, 0.15) is 11.5 Å². The molecule has 7 heteroatoms. The number of aromatic nitrogens is 1. The molecule has 1 aliphatic heterocycles. The zero-order chi connectivity index (χ0) is 22.3. The van der Waals surface area contributed by atoms with Crippen molar-refractivity contribution in [3.8, 4) is 11.1 Å². The van der Waals surface area contributed by atoms with Gasteiger partial charge in [-0.2, -0.15) is 0 Å². The third-order valence-corrected chi connectivity index (χ3v) is 6.14. The molecule has 3 N–H and O–H groups in total. The highest BCUT2D eigenvalue weighted by atomic mass is 16.5. The number of allylic oxidation sites excluding steroid dienone is 2. The lowest BCUT2D eigenvalue weighted by molar-refractivity contribution is 0.0927. The quantitative estimate of drug-likeness (QED) is 0.698. The largest absolute Gasteiger partial charge is 0.511 e. The number of aliphatic hydroxyl groups excluding tert-OH is 2. The molecule has 1 amide bonds. The molecule has 2 aliphatic rings. The van der Waals surface area contributed by atoms with Gasteiger partial charge in [0.05, 0.1) is 11.7 Å². The Bertz CT molecular complexity index is 1080. The number of nitrogens with zero attached hydrogens (tertiary/aromatic N) is 2. The molecule has 1 aromatic carbocycles. The van der Waals surface area contributed by atoms with Crippen LogP contribution >= 0.6 is 0 Å². The summed E-state index contributed by atoms with van der Waals surface area (Å²) in [6, 6.07) is 6.15. The SMILES string of the molecule is CNC(=O)c1onc(C2=C(O)CC(O)C(C(C)C)=C2)c1-c1ccc2c(c1)CCN(C)C2. The number of hydrogen-bond donors (Lipinski definition) is 3. The minimum absolute atomic E-state index is 0.0366. The van der Waals surface area contributed by atoms with Gasteiger partial charge in [0.25, 0.3) is 5.91 Å². The fourth-order valence-corrected chi connectivity index (χ4v) is 4.37. The lowest BCUT2D eigenvalue weighted by Crippen LogP contribution is -2.26. The van der Waals surface area contributed by atoms with Crippen LogP contribution in [0.2, 0.25) is 0 Å². The van der Waals surface area contributed by atoms with Gasteiger partial charge in [-0.1, -0.05) is 37.2 Å². The van der Waals surface area contributed by atoms with Crippen LogP contribution in [-0.2, 0) is 13.0 Å². The molecule has 1 aromatic heterocycles. The van der Waals surface area contributed by atoms with E-state index in [1.165, 1.54) is 11.1 Å². The van der Waals surface area contributed by atoms with Crippen molar-refractivity contribution in [2.75, 3.05) is 20.6 Å². The molecule has 0 saturated heterocycles. The summed E-state index contributed by atoms with van der Waals surface area (Å²) >= 11 is 0. The van der Waals surface area contributed by atoms with Crippen LogP contribution in [0.5, 0.6) is 0 Å². The fraction of sp³-hybridized carbons (Fsp3) is 0.417. The van der Waals surface area contributed by atoms with E-state index in [-0.39, 0.29) is 29.8 Å². The predicted octanol–water partition coefficient (Wildman–Crippen LogP) is 3.31. The monoisotopic (exact) mass is 423 g/mol. The van der Waals surface area contributed by atoms with E-state index < -0.39 is 6.10 Å². The smallest absolute Gasteiger partial charge is 0.290 e. The molecular weight excluding hydrogens is 394 g/mol. The fourth-order valence-electron chi connectivity index (χ4n) is 4.37. The Hall–Kier alpha value is -2.90. The normalized spacial score (nSPS) is 19.4. The Kier molecular flexibility index (Phi) is 5.73. The first kappa shape index (κ1) is 21.3. The van der Waals surface area contributed by atoms with Crippen LogP contribution in [0.4, 0.5) is 0 Å². The lowest BCUT2D eigenvalue weighted by atomic mass is 9.85. The third-order valence-electron chi connectivity index (χ3n) is 6.14. The summed E-state index contributed by atoms with van der Waals surface area (Å²) in [5.74, 6) is -0.131. The second-order valence-corrected chi connectivity index (χ2v) is 8.67. The molecule has 1 atom stereocenters. The average Bonchev–Trinajstić information content (AvgIpc) is 3.17. The zero-order valence-corrected chi connectivity index (χ0v) is 18.4. The van der Waals surface area contributed by atoms with E-state index in [2.05, 4.69) is 34.6 Å². The number of fused-ring (bicyclic) bond motifs is 1. The maximum atomic E-state index is 12.6. The number of carbonyl (C=O) groups is 1. The number of benzene rings is 1. The number of aliphatic hydroxyl groups is 2. The number of nitrogens with one attached hydrogen (secondary N) is 1. The van der Waals surface area contributed by atoms with E-state index in [9.17, 15) is 15.0 Å². The van der Waals surface area contributed by atoms with E-state index in [4.69, 9.17) is 4.52 Å². The van der Waals surface area contributed by atoms with E-state index in [1.54, 1.807) is 13.1 Å². The van der Waals surface area contributed by atoms with Crippen molar-refractivity contribution in [1.82, 2.24) is 15.4 Å². The summed E-state index contributed by atoms with van der Waals surface area (Å²) in [4.78, 5) is 14.8. The van der Waals surface area contributed by atoms with Gasteiger partial charge in [-0.15, -0.1) is 0 Å². The Morgan fingerprint density at radius 2 is 2.10 bits per heavy atom. The van der Waals surface area contributed by atoms with E-state index >= 15 is 0 Å². The summed E-state index contributed by atoms with van der Waals surface area (Å²) in [5.41, 5.74) is 5.59. The molecule has 164 valence electrons. The van der Waals surface area contributed by atoms with Crippen LogP contribution in [0.3, 0.4) is 0 Å².